The highest BCUT2D eigenvalue weighted by molar-refractivity contribution is 7.92. The normalized spacial score (nSPS) is 12.4. The molecule has 0 saturated heterocycles. The van der Waals surface area contributed by atoms with Gasteiger partial charge in [0, 0.05) is 17.8 Å². The average molecular weight is 410 g/mol. The first-order chi connectivity index (χ1) is 14.0. The largest absolute Gasteiger partial charge is 0.454 e. The first-order valence-corrected chi connectivity index (χ1v) is 10.3. The zero-order chi connectivity index (χ0) is 20.3. The summed E-state index contributed by atoms with van der Waals surface area (Å²) in [4.78, 5) is 12.5. The molecule has 0 unspecified atom stereocenters. The number of nitrogens with one attached hydrogen (secondary N) is 2. The Balaban J connectivity index is 1.38. The topological polar surface area (TPSA) is 93.7 Å². The molecule has 2 N–H and O–H groups in total. The van der Waals surface area contributed by atoms with E-state index in [-0.39, 0.29) is 17.6 Å². The summed E-state index contributed by atoms with van der Waals surface area (Å²) in [6.07, 6.45) is 0. The van der Waals surface area contributed by atoms with E-state index in [0.717, 1.165) is 5.56 Å². The second-order valence-electron chi connectivity index (χ2n) is 6.37. The number of carbonyl (C=O) groups is 1. The molecule has 0 radical (unpaired) electrons. The minimum atomic E-state index is -3.67. The number of carbonyl (C=O) groups excluding carboxylic acids is 1. The third-order valence-electron chi connectivity index (χ3n) is 4.34. The zero-order valence-corrected chi connectivity index (χ0v) is 16.1. The van der Waals surface area contributed by atoms with Crippen LogP contribution in [0.4, 0.5) is 5.69 Å². The van der Waals surface area contributed by atoms with Gasteiger partial charge in [-0.2, -0.15) is 0 Å². The number of anilines is 1. The Kier molecular flexibility index (Phi) is 5.09. The number of amides is 1. The maximum Gasteiger partial charge on any atom is 0.261 e. The summed E-state index contributed by atoms with van der Waals surface area (Å²) < 4.78 is 37.8. The number of hydrogen-bond acceptors (Lipinski definition) is 5. The summed E-state index contributed by atoms with van der Waals surface area (Å²) in [6, 6.07) is 19.8. The zero-order valence-electron chi connectivity index (χ0n) is 15.3. The summed E-state index contributed by atoms with van der Waals surface area (Å²) in [5.41, 5.74) is 1.68. The molecule has 29 heavy (non-hydrogen) atoms. The minimum absolute atomic E-state index is 0.172. The van der Waals surface area contributed by atoms with Gasteiger partial charge in [-0.25, -0.2) is 8.42 Å². The molecule has 3 aromatic rings. The number of benzene rings is 3. The van der Waals surface area contributed by atoms with Crippen molar-refractivity contribution < 1.29 is 22.7 Å². The first-order valence-electron chi connectivity index (χ1n) is 8.86. The molecule has 1 amide bonds. The van der Waals surface area contributed by atoms with Crippen molar-refractivity contribution >= 4 is 21.6 Å². The lowest BCUT2D eigenvalue weighted by molar-refractivity contribution is 0.0951. The van der Waals surface area contributed by atoms with Gasteiger partial charge in [0.05, 0.1) is 4.90 Å². The quantitative estimate of drug-likeness (QED) is 0.651. The molecule has 7 nitrogen and oxygen atoms in total. The first kappa shape index (κ1) is 18.8. The van der Waals surface area contributed by atoms with Gasteiger partial charge < -0.3 is 14.8 Å². The monoisotopic (exact) mass is 410 g/mol. The molecular weight excluding hydrogens is 392 g/mol. The van der Waals surface area contributed by atoms with E-state index in [1.165, 1.54) is 12.1 Å². The van der Waals surface area contributed by atoms with Gasteiger partial charge in [0.15, 0.2) is 11.5 Å². The molecule has 1 heterocycles. The van der Waals surface area contributed by atoms with Crippen LogP contribution in [0.25, 0.3) is 0 Å². The van der Waals surface area contributed by atoms with Crippen LogP contribution in [0, 0.1) is 0 Å². The summed E-state index contributed by atoms with van der Waals surface area (Å²) in [5.74, 6) is 1.08. The standard InChI is InChI=1S/C21H18N2O5S/c24-21(22-13-15-6-11-19-20(12-15)28-14-27-19)16-7-9-17(10-8-16)23-29(25,26)18-4-2-1-3-5-18/h1-12,23H,13-14H2,(H,22,24). The molecule has 8 heteroatoms. The van der Waals surface area contributed by atoms with Crippen LogP contribution in [0.1, 0.15) is 15.9 Å². The molecule has 0 aliphatic carbocycles. The van der Waals surface area contributed by atoms with Crippen molar-refractivity contribution in [1.82, 2.24) is 5.32 Å². The molecule has 0 aromatic heterocycles. The summed E-state index contributed by atoms with van der Waals surface area (Å²) >= 11 is 0. The van der Waals surface area contributed by atoms with Gasteiger partial charge in [0.1, 0.15) is 0 Å². The highest BCUT2D eigenvalue weighted by Crippen LogP contribution is 2.32. The van der Waals surface area contributed by atoms with Crippen LogP contribution in [-0.2, 0) is 16.6 Å². The van der Waals surface area contributed by atoms with Gasteiger partial charge in [-0.05, 0) is 54.1 Å². The Bertz CT molecular complexity index is 1130. The van der Waals surface area contributed by atoms with Gasteiger partial charge in [-0.3, -0.25) is 9.52 Å². The number of hydrogen-bond donors (Lipinski definition) is 2. The maximum absolute atomic E-state index is 12.4. The molecule has 0 spiro atoms. The van der Waals surface area contributed by atoms with Crippen LogP contribution in [-0.4, -0.2) is 21.1 Å². The molecule has 1 aliphatic rings. The Morgan fingerprint density at radius 3 is 2.38 bits per heavy atom. The second kappa shape index (κ2) is 7.84. The summed E-state index contributed by atoms with van der Waals surface area (Å²) in [7, 11) is -3.67. The van der Waals surface area contributed by atoms with Crippen molar-refractivity contribution in [1.29, 1.82) is 0 Å². The lowest BCUT2D eigenvalue weighted by Crippen LogP contribution is -2.22. The second-order valence-corrected chi connectivity index (χ2v) is 8.05. The third kappa shape index (κ3) is 4.33. The molecule has 148 valence electrons. The van der Waals surface area contributed by atoms with E-state index in [9.17, 15) is 13.2 Å². The third-order valence-corrected chi connectivity index (χ3v) is 5.74. The number of rotatable bonds is 6. The van der Waals surface area contributed by atoms with E-state index >= 15 is 0 Å². The van der Waals surface area contributed by atoms with Gasteiger partial charge in [-0.15, -0.1) is 0 Å². The lowest BCUT2D eigenvalue weighted by Gasteiger charge is -2.09. The lowest BCUT2D eigenvalue weighted by atomic mass is 10.1. The number of ether oxygens (including phenoxy) is 2. The van der Waals surface area contributed by atoms with Crippen molar-refractivity contribution in [3.05, 3.63) is 83.9 Å². The van der Waals surface area contributed by atoms with Gasteiger partial charge >= 0.3 is 0 Å². The van der Waals surface area contributed by atoms with Gasteiger partial charge in [-0.1, -0.05) is 24.3 Å². The fraction of sp³-hybridized carbons (Fsp3) is 0.0952. The molecule has 0 saturated carbocycles. The highest BCUT2D eigenvalue weighted by atomic mass is 32.2. The fourth-order valence-electron chi connectivity index (χ4n) is 2.84. The van der Waals surface area contributed by atoms with Crippen molar-refractivity contribution in [2.24, 2.45) is 0 Å². The summed E-state index contributed by atoms with van der Waals surface area (Å²) in [5, 5.41) is 2.83. The maximum atomic E-state index is 12.4. The van der Waals surface area contributed by atoms with Crippen LogP contribution in [0.5, 0.6) is 11.5 Å². The van der Waals surface area contributed by atoms with Crippen LogP contribution in [0.2, 0.25) is 0 Å². The predicted octanol–water partition coefficient (Wildman–Crippen LogP) is 3.15. The Morgan fingerprint density at radius 2 is 1.62 bits per heavy atom. The van der Waals surface area contributed by atoms with Crippen molar-refractivity contribution in [3.8, 4) is 11.5 Å². The van der Waals surface area contributed by atoms with E-state index in [1.54, 1.807) is 48.5 Å². The van der Waals surface area contributed by atoms with Gasteiger partial charge in [0.25, 0.3) is 15.9 Å². The molecule has 0 fully saturated rings. The Labute approximate surface area is 168 Å². The highest BCUT2D eigenvalue weighted by Gasteiger charge is 2.15. The van der Waals surface area contributed by atoms with Crippen molar-refractivity contribution in [3.63, 3.8) is 0 Å². The molecule has 3 aromatic carbocycles. The van der Waals surface area contributed by atoms with Crippen molar-refractivity contribution in [2.75, 3.05) is 11.5 Å². The smallest absolute Gasteiger partial charge is 0.261 e. The van der Waals surface area contributed by atoms with E-state index in [2.05, 4.69) is 10.0 Å². The minimum Gasteiger partial charge on any atom is -0.454 e. The van der Waals surface area contributed by atoms with E-state index in [0.29, 0.717) is 29.3 Å². The SMILES string of the molecule is O=C(NCc1ccc2c(c1)OCO2)c1ccc(NS(=O)(=O)c2ccccc2)cc1. The van der Waals surface area contributed by atoms with E-state index in [1.807, 2.05) is 12.1 Å². The van der Waals surface area contributed by atoms with Crippen LogP contribution >= 0.6 is 0 Å². The number of sulfonamides is 1. The van der Waals surface area contributed by atoms with Crippen LogP contribution in [0.3, 0.4) is 0 Å². The fourth-order valence-corrected chi connectivity index (χ4v) is 3.92. The molecular formula is C21H18N2O5S. The van der Waals surface area contributed by atoms with Crippen molar-refractivity contribution in [2.45, 2.75) is 11.4 Å². The predicted molar refractivity (Wildman–Crippen MR) is 107 cm³/mol. The van der Waals surface area contributed by atoms with E-state index in [4.69, 9.17) is 9.47 Å². The molecule has 4 rings (SSSR count). The molecule has 0 bridgehead atoms. The van der Waals surface area contributed by atoms with Gasteiger partial charge in [0.2, 0.25) is 6.79 Å². The Morgan fingerprint density at radius 1 is 0.897 bits per heavy atom. The molecule has 0 atom stereocenters. The summed E-state index contributed by atoms with van der Waals surface area (Å²) in [6.45, 7) is 0.531. The average Bonchev–Trinajstić information content (AvgIpc) is 3.21. The molecule has 1 aliphatic heterocycles. The van der Waals surface area contributed by atoms with Crippen LogP contribution in [0.15, 0.2) is 77.7 Å². The Hall–Kier alpha value is -3.52. The van der Waals surface area contributed by atoms with E-state index < -0.39 is 10.0 Å². The van der Waals surface area contributed by atoms with Crippen LogP contribution < -0.4 is 19.5 Å². The number of fused-ring (bicyclic) bond motifs is 1.